The molecule has 7 heteroatoms. The van der Waals surface area contributed by atoms with E-state index < -0.39 is 12.7 Å². The number of anilines is 1. The summed E-state index contributed by atoms with van der Waals surface area (Å²) in [6, 6.07) is 6.04. The highest BCUT2D eigenvalue weighted by molar-refractivity contribution is 6.62. The van der Waals surface area contributed by atoms with Gasteiger partial charge in [0.25, 0.3) is 0 Å². The number of benzene rings is 1. The smallest absolute Gasteiger partial charge is 0.444 e. The minimum atomic E-state index is -0.477. The summed E-state index contributed by atoms with van der Waals surface area (Å²) in [5.74, 6) is 0.302. The summed E-state index contributed by atoms with van der Waals surface area (Å²) < 4.78 is 17.9. The first-order chi connectivity index (χ1) is 13.3. The van der Waals surface area contributed by atoms with E-state index in [0.29, 0.717) is 19.0 Å². The first kappa shape index (κ1) is 22.0. The fourth-order valence-corrected chi connectivity index (χ4v) is 3.77. The molecule has 0 atom stereocenters. The summed E-state index contributed by atoms with van der Waals surface area (Å²) in [6.07, 6.45) is 1.47. The van der Waals surface area contributed by atoms with Crippen LogP contribution in [0.1, 0.15) is 72.8 Å². The van der Waals surface area contributed by atoms with Crippen LogP contribution in [0.2, 0.25) is 0 Å². The van der Waals surface area contributed by atoms with Crippen LogP contribution in [-0.2, 0) is 14.0 Å². The minimum Gasteiger partial charge on any atom is -0.444 e. The Morgan fingerprint density at radius 2 is 1.69 bits per heavy atom. The van der Waals surface area contributed by atoms with E-state index in [1.165, 1.54) is 0 Å². The van der Waals surface area contributed by atoms with Gasteiger partial charge in [0, 0.05) is 18.8 Å². The van der Waals surface area contributed by atoms with Crippen molar-refractivity contribution in [2.45, 2.75) is 84.0 Å². The van der Waals surface area contributed by atoms with E-state index in [9.17, 15) is 4.79 Å². The molecule has 1 aromatic rings. The van der Waals surface area contributed by atoms with Crippen molar-refractivity contribution in [3.05, 3.63) is 23.8 Å². The Morgan fingerprint density at radius 3 is 2.21 bits per heavy atom. The Labute approximate surface area is 175 Å². The molecule has 1 amide bonds. The second kappa shape index (κ2) is 7.51. The van der Waals surface area contributed by atoms with Crippen LogP contribution in [0.15, 0.2) is 18.2 Å². The highest BCUT2D eigenvalue weighted by Gasteiger charge is 2.51. The van der Waals surface area contributed by atoms with E-state index in [2.05, 4.69) is 33.8 Å². The molecule has 2 saturated heterocycles. The molecule has 2 fully saturated rings. The molecule has 0 bridgehead atoms. The van der Waals surface area contributed by atoms with Gasteiger partial charge in [-0.15, -0.1) is 0 Å². The molecular formula is C22H35BN2O4. The lowest BCUT2D eigenvalue weighted by atomic mass is 9.76. The van der Waals surface area contributed by atoms with Gasteiger partial charge in [0.05, 0.1) is 11.2 Å². The number of likely N-dealkylation sites (tertiary alicyclic amines) is 1. The van der Waals surface area contributed by atoms with Crippen molar-refractivity contribution in [2.24, 2.45) is 0 Å². The third kappa shape index (κ3) is 4.72. The number of piperidine rings is 1. The Kier molecular flexibility index (Phi) is 5.69. The van der Waals surface area contributed by atoms with Crippen LogP contribution in [0.5, 0.6) is 0 Å². The van der Waals surface area contributed by atoms with Gasteiger partial charge in [0.15, 0.2) is 0 Å². The normalized spacial score (nSPS) is 22.0. The summed E-state index contributed by atoms with van der Waals surface area (Å²) in [6.45, 7) is 15.2. The van der Waals surface area contributed by atoms with Gasteiger partial charge >= 0.3 is 13.2 Å². The molecule has 2 aliphatic heterocycles. The molecule has 0 saturated carbocycles. The average Bonchev–Trinajstić information content (AvgIpc) is 2.81. The number of nitrogens with zero attached hydrogens (tertiary/aromatic N) is 1. The van der Waals surface area contributed by atoms with Gasteiger partial charge in [0.2, 0.25) is 0 Å². The maximum absolute atomic E-state index is 12.3. The number of carbonyl (C=O) groups is 1. The summed E-state index contributed by atoms with van der Waals surface area (Å²) in [5, 5.41) is 0. The molecule has 0 spiro atoms. The van der Waals surface area contributed by atoms with Crippen molar-refractivity contribution in [1.29, 1.82) is 0 Å². The predicted octanol–water partition coefficient (Wildman–Crippen LogP) is 3.68. The average molecular weight is 402 g/mol. The van der Waals surface area contributed by atoms with Crippen LogP contribution in [0, 0.1) is 0 Å². The van der Waals surface area contributed by atoms with E-state index >= 15 is 0 Å². The second-order valence-corrected chi connectivity index (χ2v) is 10.2. The molecule has 3 rings (SSSR count). The third-order valence-electron chi connectivity index (χ3n) is 6.22. The van der Waals surface area contributed by atoms with Gasteiger partial charge in [-0.05, 0) is 84.3 Å². The van der Waals surface area contributed by atoms with Crippen molar-refractivity contribution < 1.29 is 18.8 Å². The van der Waals surface area contributed by atoms with E-state index in [0.717, 1.165) is 29.6 Å². The Bertz CT molecular complexity index is 749. The van der Waals surface area contributed by atoms with Crippen molar-refractivity contribution >= 4 is 24.4 Å². The first-order valence-electron chi connectivity index (χ1n) is 10.5. The largest absolute Gasteiger partial charge is 0.494 e. The molecule has 2 heterocycles. The van der Waals surface area contributed by atoms with Crippen LogP contribution >= 0.6 is 0 Å². The fourth-order valence-electron chi connectivity index (χ4n) is 3.77. The van der Waals surface area contributed by atoms with Gasteiger partial charge in [-0.2, -0.15) is 0 Å². The second-order valence-electron chi connectivity index (χ2n) is 10.2. The molecule has 0 unspecified atom stereocenters. The predicted molar refractivity (Wildman–Crippen MR) is 116 cm³/mol. The van der Waals surface area contributed by atoms with Gasteiger partial charge in [-0.3, -0.25) is 0 Å². The molecule has 0 radical (unpaired) electrons. The number of hydrogen-bond acceptors (Lipinski definition) is 5. The summed E-state index contributed by atoms with van der Waals surface area (Å²) in [4.78, 5) is 14.1. The molecule has 1 aromatic carbocycles. The maximum Gasteiger partial charge on any atom is 0.494 e. The van der Waals surface area contributed by atoms with Gasteiger partial charge < -0.3 is 24.7 Å². The summed E-state index contributed by atoms with van der Waals surface area (Å²) in [7, 11) is -0.402. The standard InChI is InChI=1S/C22H35BN2O4/c1-20(2,3)27-19(26)25-12-10-15(11-13-25)17-14-16(8-9-18(17)24)23-28-21(4,5)22(6,7)29-23/h8-9,14-15H,10-13,24H2,1-7H3. The number of nitrogen functional groups attached to an aromatic ring is 1. The van der Waals surface area contributed by atoms with Crippen LogP contribution in [-0.4, -0.2) is 48.0 Å². The van der Waals surface area contributed by atoms with Crippen molar-refractivity contribution in [3.8, 4) is 0 Å². The lowest BCUT2D eigenvalue weighted by Gasteiger charge is -2.34. The number of hydrogen-bond donors (Lipinski definition) is 1. The molecule has 2 aliphatic rings. The molecule has 6 nitrogen and oxygen atoms in total. The van der Waals surface area contributed by atoms with E-state index in [1.807, 2.05) is 32.9 Å². The number of amides is 1. The Balaban J connectivity index is 1.70. The van der Waals surface area contributed by atoms with E-state index in [4.69, 9.17) is 19.8 Å². The summed E-state index contributed by atoms with van der Waals surface area (Å²) in [5.41, 5.74) is 7.96. The summed E-state index contributed by atoms with van der Waals surface area (Å²) >= 11 is 0. The van der Waals surface area contributed by atoms with Crippen LogP contribution in [0.25, 0.3) is 0 Å². The van der Waals surface area contributed by atoms with Gasteiger partial charge in [-0.1, -0.05) is 12.1 Å². The van der Waals surface area contributed by atoms with E-state index in [1.54, 1.807) is 4.90 Å². The zero-order chi connectivity index (χ0) is 21.6. The number of rotatable bonds is 2. The maximum atomic E-state index is 12.3. The first-order valence-corrected chi connectivity index (χ1v) is 10.5. The fraction of sp³-hybridized carbons (Fsp3) is 0.682. The molecule has 2 N–H and O–H groups in total. The van der Waals surface area contributed by atoms with E-state index in [-0.39, 0.29) is 17.3 Å². The van der Waals surface area contributed by atoms with Crippen LogP contribution in [0.3, 0.4) is 0 Å². The monoisotopic (exact) mass is 402 g/mol. The molecule has 0 aromatic heterocycles. The highest BCUT2D eigenvalue weighted by atomic mass is 16.7. The number of ether oxygens (including phenoxy) is 1. The SMILES string of the molecule is CC(C)(C)OC(=O)N1CCC(c2cc(B3OC(C)(C)C(C)(C)O3)ccc2N)CC1. The quantitative estimate of drug-likeness (QED) is 0.604. The molecular weight excluding hydrogens is 367 g/mol. The van der Waals surface area contributed by atoms with Gasteiger partial charge in [0.1, 0.15) is 5.60 Å². The molecule has 0 aliphatic carbocycles. The lowest BCUT2D eigenvalue weighted by molar-refractivity contribution is 0.00578. The van der Waals surface area contributed by atoms with Crippen LogP contribution in [0.4, 0.5) is 10.5 Å². The van der Waals surface area contributed by atoms with Gasteiger partial charge in [-0.25, -0.2) is 4.79 Å². The molecule has 29 heavy (non-hydrogen) atoms. The van der Waals surface area contributed by atoms with Crippen LogP contribution < -0.4 is 11.2 Å². The third-order valence-corrected chi connectivity index (χ3v) is 6.22. The van der Waals surface area contributed by atoms with Crippen molar-refractivity contribution in [3.63, 3.8) is 0 Å². The van der Waals surface area contributed by atoms with Crippen molar-refractivity contribution in [1.82, 2.24) is 4.90 Å². The molecule has 160 valence electrons. The minimum absolute atomic E-state index is 0.241. The highest BCUT2D eigenvalue weighted by Crippen LogP contribution is 2.37. The number of nitrogens with two attached hydrogens (primary N) is 1. The number of carbonyl (C=O) groups excluding carboxylic acids is 1. The lowest BCUT2D eigenvalue weighted by Crippen LogP contribution is -2.41. The Morgan fingerprint density at radius 1 is 1.14 bits per heavy atom. The zero-order valence-electron chi connectivity index (χ0n) is 18.9. The zero-order valence-corrected chi connectivity index (χ0v) is 18.9. The Hall–Kier alpha value is -1.73. The van der Waals surface area contributed by atoms with Crippen molar-refractivity contribution in [2.75, 3.05) is 18.8 Å². The topological polar surface area (TPSA) is 74.0 Å².